The Morgan fingerprint density at radius 3 is 2.32 bits per heavy atom. The van der Waals surface area contributed by atoms with Crippen LogP contribution >= 0.6 is 0 Å². The highest BCUT2D eigenvalue weighted by Gasteiger charge is 2.45. The van der Waals surface area contributed by atoms with Gasteiger partial charge in [0.05, 0.1) is 58.6 Å². The van der Waals surface area contributed by atoms with Gasteiger partial charge in [-0.05, 0) is 50.3 Å². The van der Waals surface area contributed by atoms with Gasteiger partial charge in [-0.15, -0.1) is 5.10 Å². The van der Waals surface area contributed by atoms with E-state index in [9.17, 15) is 31.4 Å². The zero-order chi connectivity index (χ0) is 38.2. The summed E-state index contributed by atoms with van der Waals surface area (Å²) in [4.78, 5) is 27.4. The minimum absolute atomic E-state index is 0.0406. The Hall–Kier alpha value is -4.42. The number of allylic oxidation sites excluding steroid dienone is 1. The van der Waals surface area contributed by atoms with E-state index in [1.807, 2.05) is 19.1 Å². The molecule has 3 aromatic rings. The van der Waals surface area contributed by atoms with Crippen molar-refractivity contribution in [1.29, 1.82) is 0 Å². The average Bonchev–Trinajstić information content (AvgIpc) is 3.83. The lowest BCUT2D eigenvalue weighted by atomic mass is 10.0. The summed E-state index contributed by atoms with van der Waals surface area (Å²) >= 11 is 0. The molecule has 0 spiro atoms. The average molecular weight is 752 g/mol. The van der Waals surface area contributed by atoms with E-state index in [1.54, 1.807) is 23.9 Å². The van der Waals surface area contributed by atoms with Gasteiger partial charge in [0.2, 0.25) is 11.7 Å². The maximum absolute atomic E-state index is 13.5. The van der Waals surface area contributed by atoms with E-state index < -0.39 is 42.6 Å². The van der Waals surface area contributed by atoms with Crippen molar-refractivity contribution >= 4 is 25.0 Å². The van der Waals surface area contributed by atoms with Crippen LogP contribution in [0.2, 0.25) is 0 Å². The molecular weight excluding hydrogens is 706 g/mol. The molecule has 0 fully saturated rings. The van der Waals surface area contributed by atoms with Crippen molar-refractivity contribution in [2.24, 2.45) is 0 Å². The SMILES string of the molecule is CC1=CC(C)=[N+](B(F)F)C1Cc1ccc(CCC(=O)NCc2cn(CCCCCOCCOCCOCCC(=O)Oc3c(F)cc(F)cc3F)nn2)[nH]1. The highest BCUT2D eigenvalue weighted by atomic mass is 19.2. The lowest BCUT2D eigenvalue weighted by Crippen LogP contribution is -2.35. The molecule has 2 N–H and O–H groups in total. The summed E-state index contributed by atoms with van der Waals surface area (Å²) in [5, 5.41) is 11.1. The number of amides is 1. The molecule has 1 amide bonds. The Labute approximate surface area is 304 Å². The predicted octanol–water partition coefficient (Wildman–Crippen LogP) is 4.76. The largest absolute Gasteiger partial charge is 0.929 e. The molecule has 288 valence electrons. The summed E-state index contributed by atoms with van der Waals surface area (Å²) in [7, 11) is -2.56. The molecule has 1 aromatic carbocycles. The number of esters is 1. The monoisotopic (exact) mass is 751 g/mol. The lowest BCUT2D eigenvalue weighted by molar-refractivity contribution is -0.439. The molecule has 4 rings (SSSR count). The van der Waals surface area contributed by atoms with E-state index >= 15 is 0 Å². The van der Waals surface area contributed by atoms with Gasteiger partial charge in [0.25, 0.3) is 0 Å². The van der Waals surface area contributed by atoms with Crippen LogP contribution in [0.4, 0.5) is 21.8 Å². The molecule has 18 heteroatoms. The summed E-state index contributed by atoms with van der Waals surface area (Å²) in [5.74, 6) is -5.72. The van der Waals surface area contributed by atoms with Gasteiger partial charge >= 0.3 is 13.4 Å². The molecule has 0 aliphatic carbocycles. The van der Waals surface area contributed by atoms with Crippen molar-refractivity contribution in [3.05, 3.63) is 76.6 Å². The number of halogens is 5. The number of aromatic nitrogens is 4. The minimum Gasteiger partial charge on any atom is -0.420 e. The van der Waals surface area contributed by atoms with Crippen molar-refractivity contribution in [1.82, 2.24) is 25.3 Å². The minimum atomic E-state index is -2.56. The molecular formula is C35H45BF5N6O6+. The number of carbonyl (C=O) groups is 2. The summed E-state index contributed by atoms with van der Waals surface area (Å²) in [6, 6.07) is 4.22. The first-order valence-electron chi connectivity index (χ1n) is 17.5. The molecule has 1 aliphatic rings. The highest BCUT2D eigenvalue weighted by Crippen LogP contribution is 2.23. The van der Waals surface area contributed by atoms with Gasteiger partial charge in [-0.2, -0.15) is 0 Å². The zero-order valence-corrected chi connectivity index (χ0v) is 29.9. The third kappa shape index (κ3) is 13.8. The molecule has 1 atom stereocenters. The molecule has 53 heavy (non-hydrogen) atoms. The van der Waals surface area contributed by atoms with Crippen LogP contribution in [0, 0.1) is 17.5 Å². The molecule has 2 aromatic heterocycles. The number of carbonyl (C=O) groups excluding carboxylic acids is 2. The second-order valence-corrected chi connectivity index (χ2v) is 12.5. The van der Waals surface area contributed by atoms with Crippen LogP contribution in [0.15, 0.2) is 42.1 Å². The fourth-order valence-corrected chi connectivity index (χ4v) is 5.68. The normalized spacial score (nSPS) is 14.2. The van der Waals surface area contributed by atoms with Crippen LogP contribution < -0.4 is 10.1 Å². The molecule has 12 nitrogen and oxygen atoms in total. The number of unbranched alkanes of at least 4 members (excludes halogenated alkanes) is 2. The van der Waals surface area contributed by atoms with E-state index in [1.165, 1.54) is 0 Å². The lowest BCUT2D eigenvalue weighted by Gasteiger charge is -2.11. The number of rotatable bonds is 24. The fraction of sp³-hybridized carbons (Fsp3) is 0.514. The van der Waals surface area contributed by atoms with Crippen molar-refractivity contribution in [2.45, 2.75) is 77.9 Å². The first kappa shape index (κ1) is 41.3. The first-order chi connectivity index (χ1) is 25.5. The van der Waals surface area contributed by atoms with E-state index in [4.69, 9.17) is 14.2 Å². The van der Waals surface area contributed by atoms with Crippen LogP contribution in [0.25, 0.3) is 0 Å². The Kier molecular flexibility index (Phi) is 16.6. The maximum atomic E-state index is 13.5. The van der Waals surface area contributed by atoms with Crippen LogP contribution in [-0.4, -0.2) is 95.1 Å². The topological polar surface area (TPSA) is 133 Å². The van der Waals surface area contributed by atoms with Gasteiger partial charge in [0.15, 0.2) is 23.4 Å². The van der Waals surface area contributed by atoms with Crippen LogP contribution in [0.1, 0.15) is 63.0 Å². The molecule has 1 unspecified atom stereocenters. The van der Waals surface area contributed by atoms with Crippen LogP contribution in [0.3, 0.4) is 0 Å². The molecule has 0 saturated carbocycles. The number of aromatic amines is 1. The second-order valence-electron chi connectivity index (χ2n) is 12.5. The quantitative estimate of drug-likeness (QED) is 0.0441. The second kappa shape index (κ2) is 21.3. The number of aryl methyl sites for hydroxylation is 2. The van der Waals surface area contributed by atoms with Gasteiger partial charge < -0.3 is 29.2 Å². The number of nitrogens with one attached hydrogen (secondary N) is 2. The van der Waals surface area contributed by atoms with Crippen molar-refractivity contribution < 1.29 is 54.8 Å². The maximum Gasteiger partial charge on any atom is 0.929 e. The van der Waals surface area contributed by atoms with Gasteiger partial charge in [-0.1, -0.05) is 5.21 Å². The van der Waals surface area contributed by atoms with Crippen LogP contribution in [-0.2, 0) is 49.7 Å². The Bertz CT molecular complexity index is 1690. The Morgan fingerprint density at radius 1 is 0.925 bits per heavy atom. The van der Waals surface area contributed by atoms with E-state index in [0.29, 0.717) is 62.7 Å². The third-order valence-electron chi connectivity index (χ3n) is 8.36. The number of benzene rings is 1. The first-order valence-corrected chi connectivity index (χ1v) is 17.5. The number of hydrogen-bond donors (Lipinski definition) is 2. The number of ether oxygens (including phenoxy) is 4. The van der Waals surface area contributed by atoms with Crippen molar-refractivity contribution in [2.75, 3.05) is 39.6 Å². The predicted molar refractivity (Wildman–Crippen MR) is 184 cm³/mol. The van der Waals surface area contributed by atoms with Gasteiger partial charge in [-0.25, -0.2) is 26.3 Å². The standard InChI is InChI=1S/C35H44BF5N6O6/c1-24-18-25(2)47(36(40)41)32(24)21-28-7-6-27(43-28)8-9-33(48)42-22-29-23-46(45-44-29)11-4-3-5-12-50-14-16-52-17-15-51-13-10-34(49)53-35-30(38)19-26(37)20-31(35)39/h6-7,18-20,23,32,43H,3-5,8-17,21-22H2,1-2H3/p+1. The third-order valence-corrected chi connectivity index (χ3v) is 8.36. The summed E-state index contributed by atoms with van der Waals surface area (Å²) in [6.07, 6.45) is 7.20. The molecule has 0 saturated heterocycles. The summed E-state index contributed by atoms with van der Waals surface area (Å²) in [5.41, 5.74) is 3.83. The summed E-state index contributed by atoms with van der Waals surface area (Å²) < 4.78 is 90.7. The van der Waals surface area contributed by atoms with E-state index in [0.717, 1.165) is 40.7 Å². The van der Waals surface area contributed by atoms with Gasteiger partial charge in [-0.3, -0.25) is 14.3 Å². The molecule has 0 bridgehead atoms. The Balaban J connectivity index is 0.953. The van der Waals surface area contributed by atoms with Gasteiger partial charge in [0.1, 0.15) is 11.5 Å². The number of hydrogen-bond acceptors (Lipinski definition) is 8. The molecule has 1 aliphatic heterocycles. The summed E-state index contributed by atoms with van der Waals surface area (Å²) in [6.45, 7) is 6.26. The van der Waals surface area contributed by atoms with Crippen LogP contribution in [0.5, 0.6) is 5.75 Å². The fourth-order valence-electron chi connectivity index (χ4n) is 5.68. The van der Waals surface area contributed by atoms with Gasteiger partial charge in [0, 0.05) is 56.1 Å². The molecule has 0 radical (unpaired) electrons. The Morgan fingerprint density at radius 2 is 1.60 bits per heavy atom. The van der Waals surface area contributed by atoms with E-state index in [-0.39, 0.29) is 45.1 Å². The molecule has 3 heterocycles. The van der Waals surface area contributed by atoms with E-state index in [2.05, 4.69) is 25.3 Å². The zero-order valence-electron chi connectivity index (χ0n) is 29.9. The highest BCUT2D eigenvalue weighted by molar-refractivity contribution is 6.34. The van der Waals surface area contributed by atoms with Crippen molar-refractivity contribution in [3.8, 4) is 5.75 Å². The smallest absolute Gasteiger partial charge is 0.420 e. The number of nitrogens with zero attached hydrogens (tertiary/aromatic N) is 4. The van der Waals surface area contributed by atoms with Crippen molar-refractivity contribution in [3.63, 3.8) is 0 Å². The number of H-pyrrole nitrogens is 1.